The Balaban J connectivity index is 1.59. The van der Waals surface area contributed by atoms with Gasteiger partial charge in [-0.05, 0) is 57.2 Å². The molecule has 0 saturated carbocycles. The maximum atomic E-state index is 11.7. The van der Waals surface area contributed by atoms with E-state index in [0.29, 0.717) is 46.8 Å². The van der Waals surface area contributed by atoms with Crippen LogP contribution in [0.15, 0.2) is 47.1 Å². The summed E-state index contributed by atoms with van der Waals surface area (Å²) in [6, 6.07) is 13.0. The number of hydrogen-bond acceptors (Lipinski definition) is 7. The van der Waals surface area contributed by atoms with Crippen LogP contribution in [0.1, 0.15) is 32.8 Å². The molecule has 4 rings (SSSR count). The van der Waals surface area contributed by atoms with Gasteiger partial charge in [-0.15, -0.1) is 0 Å². The second kappa shape index (κ2) is 9.98. The Hall–Kier alpha value is -3.83. The lowest BCUT2D eigenvalue weighted by molar-refractivity contribution is -0.143. The number of ether oxygens (including phenoxy) is 2. The van der Waals surface area contributed by atoms with E-state index >= 15 is 0 Å². The van der Waals surface area contributed by atoms with E-state index in [4.69, 9.17) is 25.6 Å². The average molecular weight is 479 g/mol. The van der Waals surface area contributed by atoms with Gasteiger partial charge in [0.1, 0.15) is 11.8 Å². The van der Waals surface area contributed by atoms with Crippen molar-refractivity contribution in [3.05, 3.63) is 53.2 Å². The number of aryl methyl sites for hydroxylation is 1. The molecule has 0 aliphatic carbocycles. The topological polar surface area (TPSA) is 103 Å². The number of carbonyl (C=O) groups excluding carboxylic acids is 1. The lowest BCUT2D eigenvalue weighted by atomic mass is 10.1. The number of nitriles is 1. The molecule has 9 heteroatoms. The molecule has 0 atom stereocenters. The van der Waals surface area contributed by atoms with Gasteiger partial charge < -0.3 is 18.6 Å². The van der Waals surface area contributed by atoms with E-state index in [0.717, 1.165) is 16.5 Å². The van der Waals surface area contributed by atoms with Crippen molar-refractivity contribution < 1.29 is 18.8 Å². The van der Waals surface area contributed by atoms with Gasteiger partial charge in [0, 0.05) is 34.8 Å². The lowest BCUT2D eigenvalue weighted by Gasteiger charge is -2.11. The van der Waals surface area contributed by atoms with Crippen LogP contribution in [0.5, 0.6) is 5.75 Å². The molecule has 0 aliphatic rings. The van der Waals surface area contributed by atoms with E-state index in [1.54, 1.807) is 31.3 Å². The fourth-order valence-corrected chi connectivity index (χ4v) is 3.86. The summed E-state index contributed by atoms with van der Waals surface area (Å²) >= 11 is 6.46. The Labute approximate surface area is 201 Å². The minimum atomic E-state index is -0.250. The van der Waals surface area contributed by atoms with Crippen LogP contribution in [0.3, 0.4) is 0 Å². The minimum Gasteiger partial charge on any atom is -0.490 e. The van der Waals surface area contributed by atoms with Crippen LogP contribution in [-0.2, 0) is 16.1 Å². The summed E-state index contributed by atoms with van der Waals surface area (Å²) in [6.07, 6.45) is 2.01. The molecule has 0 spiro atoms. The third kappa shape index (κ3) is 4.90. The highest BCUT2D eigenvalue weighted by atomic mass is 35.5. The number of aromatic nitrogens is 3. The maximum Gasteiger partial charge on any atom is 0.307 e. The van der Waals surface area contributed by atoms with Crippen LogP contribution in [0, 0.1) is 11.3 Å². The van der Waals surface area contributed by atoms with Crippen molar-refractivity contribution in [1.82, 2.24) is 14.7 Å². The molecule has 4 aromatic rings. The predicted molar refractivity (Wildman–Crippen MR) is 127 cm³/mol. The summed E-state index contributed by atoms with van der Waals surface area (Å²) < 4.78 is 18.0. The summed E-state index contributed by atoms with van der Waals surface area (Å²) in [5.74, 6) is 0.947. The molecule has 0 radical (unpaired) electrons. The normalized spacial score (nSPS) is 11.1. The first-order valence-electron chi connectivity index (χ1n) is 10.9. The maximum absolute atomic E-state index is 11.7. The summed E-state index contributed by atoms with van der Waals surface area (Å²) in [4.78, 5) is 16.2. The van der Waals surface area contributed by atoms with Crippen LogP contribution >= 0.6 is 11.6 Å². The van der Waals surface area contributed by atoms with Crippen molar-refractivity contribution in [1.29, 1.82) is 5.26 Å². The van der Waals surface area contributed by atoms with Crippen LogP contribution in [0.25, 0.3) is 33.7 Å². The minimum absolute atomic E-state index is 0.0465. The van der Waals surface area contributed by atoms with E-state index < -0.39 is 0 Å². The van der Waals surface area contributed by atoms with Gasteiger partial charge in [0.05, 0.1) is 29.7 Å². The standard InChI is InChI=1S/C25H23ClN4O4/c1-4-32-23(31)9-10-30-14-20(26)19-12-16(5-7-21(19)30)24-28-25(34-29-24)17-6-8-22(33-15(2)3)18(11-17)13-27/h5-8,11-12,14-15H,4,9-10H2,1-3H3. The highest BCUT2D eigenvalue weighted by molar-refractivity contribution is 6.35. The van der Waals surface area contributed by atoms with E-state index in [1.807, 2.05) is 36.6 Å². The molecule has 174 valence electrons. The van der Waals surface area contributed by atoms with Crippen molar-refractivity contribution in [2.75, 3.05) is 6.61 Å². The number of hydrogen-bond donors (Lipinski definition) is 0. The van der Waals surface area contributed by atoms with E-state index in [9.17, 15) is 10.1 Å². The molecule has 0 unspecified atom stereocenters. The Morgan fingerprint density at radius 1 is 1.24 bits per heavy atom. The van der Waals surface area contributed by atoms with Gasteiger partial charge in [-0.2, -0.15) is 10.2 Å². The fourth-order valence-electron chi connectivity index (χ4n) is 3.59. The largest absolute Gasteiger partial charge is 0.490 e. The molecule has 34 heavy (non-hydrogen) atoms. The van der Waals surface area contributed by atoms with Gasteiger partial charge in [-0.3, -0.25) is 4.79 Å². The number of benzene rings is 2. The van der Waals surface area contributed by atoms with Gasteiger partial charge in [-0.25, -0.2) is 0 Å². The van der Waals surface area contributed by atoms with Gasteiger partial charge in [0.25, 0.3) is 5.89 Å². The highest BCUT2D eigenvalue weighted by Gasteiger charge is 2.16. The number of rotatable bonds is 8. The first kappa shape index (κ1) is 23.3. The molecule has 0 saturated heterocycles. The van der Waals surface area contributed by atoms with Crippen molar-refractivity contribution in [2.24, 2.45) is 0 Å². The zero-order valence-corrected chi connectivity index (χ0v) is 19.8. The predicted octanol–water partition coefficient (Wildman–Crippen LogP) is 5.62. The molecule has 0 amide bonds. The van der Waals surface area contributed by atoms with E-state index in [-0.39, 0.29) is 18.5 Å². The summed E-state index contributed by atoms with van der Waals surface area (Å²) in [7, 11) is 0. The smallest absolute Gasteiger partial charge is 0.307 e. The number of carbonyl (C=O) groups is 1. The van der Waals surface area contributed by atoms with Gasteiger partial charge in [0.2, 0.25) is 5.82 Å². The van der Waals surface area contributed by atoms with Crippen LogP contribution in [0.4, 0.5) is 0 Å². The second-order valence-electron chi connectivity index (χ2n) is 7.87. The Kier molecular flexibility index (Phi) is 6.85. The monoisotopic (exact) mass is 478 g/mol. The van der Waals surface area contributed by atoms with Crippen LogP contribution in [-0.4, -0.2) is 33.4 Å². The third-order valence-corrected chi connectivity index (χ3v) is 5.39. The second-order valence-corrected chi connectivity index (χ2v) is 8.28. The van der Waals surface area contributed by atoms with Gasteiger partial charge in [0.15, 0.2) is 0 Å². The molecule has 2 heterocycles. The van der Waals surface area contributed by atoms with Gasteiger partial charge in [-0.1, -0.05) is 16.8 Å². The first-order valence-corrected chi connectivity index (χ1v) is 11.3. The Bertz CT molecular complexity index is 1380. The number of fused-ring (bicyclic) bond motifs is 1. The molecule has 0 N–H and O–H groups in total. The Morgan fingerprint density at radius 2 is 2.03 bits per heavy atom. The van der Waals surface area contributed by atoms with Crippen molar-refractivity contribution in [2.45, 2.75) is 39.8 Å². The molecular formula is C25H23ClN4O4. The summed E-state index contributed by atoms with van der Waals surface area (Å²) in [5, 5.41) is 14.9. The first-order chi connectivity index (χ1) is 16.4. The number of esters is 1. The highest BCUT2D eigenvalue weighted by Crippen LogP contribution is 2.32. The summed E-state index contributed by atoms with van der Waals surface area (Å²) in [5.41, 5.74) is 2.63. The SMILES string of the molecule is CCOC(=O)CCn1cc(Cl)c2cc(-c3noc(-c4ccc(OC(C)C)c(C#N)c4)n3)ccc21. The molecule has 8 nitrogen and oxygen atoms in total. The van der Waals surface area contributed by atoms with Crippen LogP contribution < -0.4 is 4.74 Å². The summed E-state index contributed by atoms with van der Waals surface area (Å²) in [6.45, 7) is 6.40. The van der Waals surface area contributed by atoms with Crippen LogP contribution in [0.2, 0.25) is 5.02 Å². The van der Waals surface area contributed by atoms with E-state index in [1.165, 1.54) is 0 Å². The zero-order valence-electron chi connectivity index (χ0n) is 19.0. The molecular weight excluding hydrogens is 456 g/mol. The van der Waals surface area contributed by atoms with E-state index in [2.05, 4.69) is 16.2 Å². The molecule has 0 fully saturated rings. The molecule has 2 aromatic carbocycles. The van der Waals surface area contributed by atoms with Crippen molar-refractivity contribution in [3.63, 3.8) is 0 Å². The molecule has 2 aromatic heterocycles. The van der Waals surface area contributed by atoms with Crippen molar-refractivity contribution >= 4 is 28.5 Å². The number of halogens is 1. The third-order valence-electron chi connectivity index (χ3n) is 5.09. The number of nitrogens with zero attached hydrogens (tertiary/aromatic N) is 4. The average Bonchev–Trinajstić information content (AvgIpc) is 3.43. The quantitative estimate of drug-likeness (QED) is 0.302. The zero-order chi connectivity index (χ0) is 24.2. The lowest BCUT2D eigenvalue weighted by Crippen LogP contribution is -2.08. The molecule has 0 bridgehead atoms. The van der Waals surface area contributed by atoms with Gasteiger partial charge >= 0.3 is 5.97 Å². The fraction of sp³-hybridized carbons (Fsp3) is 0.280. The van der Waals surface area contributed by atoms with Crippen molar-refractivity contribution in [3.8, 4) is 34.7 Å². The molecule has 0 aliphatic heterocycles. The Morgan fingerprint density at radius 3 is 2.76 bits per heavy atom.